The van der Waals surface area contributed by atoms with Crippen LogP contribution in [0.3, 0.4) is 0 Å². The molecule has 5 rings (SSSR count). The fourth-order valence-electron chi connectivity index (χ4n) is 5.12. The third-order valence-electron chi connectivity index (χ3n) is 7.74. The predicted octanol–water partition coefficient (Wildman–Crippen LogP) is 5.97. The molecule has 226 valence electrons. The number of ketones is 1. The molecule has 0 saturated heterocycles. The van der Waals surface area contributed by atoms with Crippen molar-refractivity contribution in [1.82, 2.24) is 4.90 Å². The van der Waals surface area contributed by atoms with Gasteiger partial charge in [-0.25, -0.2) is 4.79 Å². The quantitative estimate of drug-likeness (QED) is 0.136. The van der Waals surface area contributed by atoms with Crippen molar-refractivity contribution in [2.75, 3.05) is 32.1 Å². The first-order chi connectivity index (χ1) is 21.5. The molecule has 0 bridgehead atoms. The van der Waals surface area contributed by atoms with Crippen LogP contribution in [-0.2, 0) is 27.2 Å². The number of benzene rings is 4. The Morgan fingerprint density at radius 2 is 1.48 bits per heavy atom. The standard InChI is InChI=1S/C37H38N2O5/c1-43-37(42)34(38-33-15-9-8-14-32(33)36(41)30-12-6-3-7-13-30)24-28-18-20-31(21-19-28)44-23-22-39(26-29-16-17-29)35(40)25-27-10-4-2-5-11-27/h2-15,18-21,29,34,38H,16-17,22-26H2,1H3. The van der Waals surface area contributed by atoms with Gasteiger partial charge in [0, 0.05) is 29.8 Å². The second kappa shape index (κ2) is 15.0. The number of carbonyl (C=O) groups excluding carboxylic acids is 3. The summed E-state index contributed by atoms with van der Waals surface area (Å²) in [6.07, 6.45) is 3.09. The number of hydrogen-bond donors (Lipinski definition) is 1. The summed E-state index contributed by atoms with van der Waals surface area (Å²) in [7, 11) is 1.35. The lowest BCUT2D eigenvalue weighted by Gasteiger charge is -2.23. The normalized spacial score (nSPS) is 13.0. The Bertz CT molecular complexity index is 1540. The van der Waals surface area contributed by atoms with Crippen LogP contribution >= 0.6 is 0 Å². The Hall–Kier alpha value is -4.91. The maximum Gasteiger partial charge on any atom is 0.328 e. The van der Waals surface area contributed by atoms with E-state index < -0.39 is 12.0 Å². The highest BCUT2D eigenvalue weighted by atomic mass is 16.5. The molecule has 0 aromatic heterocycles. The molecule has 1 amide bonds. The molecule has 0 heterocycles. The van der Waals surface area contributed by atoms with Crippen LogP contribution in [0.2, 0.25) is 0 Å². The third-order valence-corrected chi connectivity index (χ3v) is 7.74. The fraction of sp³-hybridized carbons (Fsp3) is 0.270. The van der Waals surface area contributed by atoms with Gasteiger partial charge in [-0.05, 0) is 54.2 Å². The lowest BCUT2D eigenvalue weighted by Crippen LogP contribution is -2.37. The molecule has 1 N–H and O–H groups in total. The number of hydrogen-bond acceptors (Lipinski definition) is 6. The highest BCUT2D eigenvalue weighted by Gasteiger charge is 2.27. The summed E-state index contributed by atoms with van der Waals surface area (Å²) < 4.78 is 11.1. The second-order valence-electron chi connectivity index (χ2n) is 11.1. The van der Waals surface area contributed by atoms with E-state index in [4.69, 9.17) is 9.47 Å². The smallest absolute Gasteiger partial charge is 0.328 e. The van der Waals surface area contributed by atoms with E-state index in [9.17, 15) is 14.4 Å². The monoisotopic (exact) mass is 590 g/mol. The van der Waals surface area contributed by atoms with Crippen molar-refractivity contribution in [2.45, 2.75) is 31.7 Å². The molecular formula is C37H38N2O5. The van der Waals surface area contributed by atoms with Gasteiger partial charge in [0.15, 0.2) is 5.78 Å². The highest BCUT2D eigenvalue weighted by Crippen LogP contribution is 2.30. The molecule has 0 aliphatic heterocycles. The Morgan fingerprint density at radius 3 is 2.16 bits per heavy atom. The Morgan fingerprint density at radius 1 is 0.818 bits per heavy atom. The Labute approximate surface area is 258 Å². The highest BCUT2D eigenvalue weighted by molar-refractivity contribution is 6.12. The Balaban J connectivity index is 1.19. The van der Waals surface area contributed by atoms with E-state index in [0.29, 0.717) is 54.5 Å². The number of carbonyl (C=O) groups is 3. The minimum atomic E-state index is -0.705. The Kier molecular flexibility index (Phi) is 10.4. The SMILES string of the molecule is COC(=O)C(Cc1ccc(OCCN(CC2CC2)C(=O)Cc2ccccc2)cc1)Nc1ccccc1C(=O)c1ccccc1. The molecular weight excluding hydrogens is 552 g/mol. The summed E-state index contributed by atoms with van der Waals surface area (Å²) in [5.41, 5.74) is 3.54. The molecule has 0 radical (unpaired) electrons. The van der Waals surface area contributed by atoms with Crippen molar-refractivity contribution >= 4 is 23.3 Å². The number of anilines is 1. The van der Waals surface area contributed by atoms with Gasteiger partial charge in [0.1, 0.15) is 18.4 Å². The lowest BCUT2D eigenvalue weighted by atomic mass is 10.00. The van der Waals surface area contributed by atoms with Crippen molar-refractivity contribution in [3.8, 4) is 5.75 Å². The summed E-state index contributed by atoms with van der Waals surface area (Å²) in [6, 6.07) is 32.9. The third kappa shape index (κ3) is 8.57. The van der Waals surface area contributed by atoms with E-state index in [1.165, 1.54) is 20.0 Å². The van der Waals surface area contributed by atoms with Crippen LogP contribution in [-0.4, -0.2) is 55.4 Å². The molecule has 44 heavy (non-hydrogen) atoms. The molecule has 4 aromatic carbocycles. The number of nitrogens with zero attached hydrogens (tertiary/aromatic N) is 1. The van der Waals surface area contributed by atoms with E-state index in [1.807, 2.05) is 83.8 Å². The van der Waals surface area contributed by atoms with Gasteiger partial charge in [0.2, 0.25) is 5.91 Å². The van der Waals surface area contributed by atoms with Gasteiger partial charge in [-0.15, -0.1) is 0 Å². The number of nitrogens with one attached hydrogen (secondary N) is 1. The summed E-state index contributed by atoms with van der Waals surface area (Å²) in [4.78, 5) is 40.9. The molecule has 1 unspecified atom stereocenters. The number of para-hydroxylation sites is 1. The minimum absolute atomic E-state index is 0.121. The number of ether oxygens (including phenoxy) is 2. The van der Waals surface area contributed by atoms with E-state index in [1.54, 1.807) is 30.3 Å². The van der Waals surface area contributed by atoms with Crippen LogP contribution in [0.4, 0.5) is 5.69 Å². The number of amides is 1. The van der Waals surface area contributed by atoms with Gasteiger partial charge in [-0.3, -0.25) is 9.59 Å². The molecule has 7 nitrogen and oxygen atoms in total. The van der Waals surface area contributed by atoms with E-state index >= 15 is 0 Å². The van der Waals surface area contributed by atoms with E-state index in [0.717, 1.165) is 17.7 Å². The van der Waals surface area contributed by atoms with Gasteiger partial charge in [0.05, 0.1) is 20.1 Å². The van der Waals surface area contributed by atoms with Crippen LogP contribution in [0.5, 0.6) is 5.75 Å². The maximum absolute atomic E-state index is 13.2. The average Bonchev–Trinajstić information content (AvgIpc) is 3.89. The van der Waals surface area contributed by atoms with E-state index in [-0.39, 0.29) is 11.7 Å². The number of methoxy groups -OCH3 is 1. The van der Waals surface area contributed by atoms with Crippen LogP contribution in [0, 0.1) is 5.92 Å². The van der Waals surface area contributed by atoms with Crippen LogP contribution in [0.15, 0.2) is 109 Å². The van der Waals surface area contributed by atoms with Crippen molar-refractivity contribution in [3.63, 3.8) is 0 Å². The van der Waals surface area contributed by atoms with Gasteiger partial charge in [-0.1, -0.05) is 84.9 Å². The van der Waals surface area contributed by atoms with Crippen molar-refractivity contribution < 1.29 is 23.9 Å². The van der Waals surface area contributed by atoms with Gasteiger partial charge in [0.25, 0.3) is 0 Å². The molecule has 1 aliphatic rings. The zero-order valence-corrected chi connectivity index (χ0v) is 25.0. The van der Waals surface area contributed by atoms with Crippen LogP contribution in [0.1, 0.15) is 39.9 Å². The molecule has 0 spiro atoms. The molecule has 4 aromatic rings. The van der Waals surface area contributed by atoms with Gasteiger partial charge in [-0.2, -0.15) is 0 Å². The first-order valence-electron chi connectivity index (χ1n) is 15.1. The van der Waals surface area contributed by atoms with Crippen molar-refractivity contribution in [1.29, 1.82) is 0 Å². The first-order valence-corrected chi connectivity index (χ1v) is 15.1. The summed E-state index contributed by atoms with van der Waals surface area (Å²) in [5.74, 6) is 0.848. The number of esters is 1. The first kappa shape index (κ1) is 30.5. The summed E-state index contributed by atoms with van der Waals surface area (Å²) in [6.45, 7) is 1.69. The molecule has 1 aliphatic carbocycles. The zero-order chi connectivity index (χ0) is 30.7. The predicted molar refractivity (Wildman–Crippen MR) is 171 cm³/mol. The average molecular weight is 591 g/mol. The van der Waals surface area contributed by atoms with Gasteiger partial charge < -0.3 is 19.7 Å². The minimum Gasteiger partial charge on any atom is -0.492 e. The summed E-state index contributed by atoms with van der Waals surface area (Å²) >= 11 is 0. The fourth-order valence-corrected chi connectivity index (χ4v) is 5.12. The molecule has 1 fully saturated rings. The molecule has 1 atom stereocenters. The zero-order valence-electron chi connectivity index (χ0n) is 25.0. The van der Waals surface area contributed by atoms with Crippen molar-refractivity contribution in [2.24, 2.45) is 5.92 Å². The molecule has 1 saturated carbocycles. The second-order valence-corrected chi connectivity index (χ2v) is 11.1. The largest absolute Gasteiger partial charge is 0.492 e. The van der Waals surface area contributed by atoms with E-state index in [2.05, 4.69) is 5.32 Å². The molecule has 7 heteroatoms. The van der Waals surface area contributed by atoms with Crippen molar-refractivity contribution in [3.05, 3.63) is 131 Å². The number of rotatable bonds is 15. The van der Waals surface area contributed by atoms with Gasteiger partial charge >= 0.3 is 5.97 Å². The maximum atomic E-state index is 13.2. The lowest BCUT2D eigenvalue weighted by molar-refractivity contribution is -0.141. The van der Waals surface area contributed by atoms with Crippen LogP contribution < -0.4 is 10.1 Å². The topological polar surface area (TPSA) is 84.9 Å². The summed E-state index contributed by atoms with van der Waals surface area (Å²) in [5, 5.41) is 3.24. The van der Waals surface area contributed by atoms with Crippen LogP contribution in [0.25, 0.3) is 0 Å².